The molecule has 0 aliphatic rings. The Bertz CT molecular complexity index is 572. The molecule has 82 valence electrons. The summed E-state index contributed by atoms with van der Waals surface area (Å²) in [5.41, 5.74) is -0.131. The number of benzene rings is 1. The number of nitriles is 2. The van der Waals surface area contributed by atoms with Crippen LogP contribution in [0.1, 0.15) is 11.1 Å². The van der Waals surface area contributed by atoms with Gasteiger partial charge in [0.2, 0.25) is 0 Å². The van der Waals surface area contributed by atoms with Crippen LogP contribution in [0.2, 0.25) is 15.1 Å². The fraction of sp³-hybridized carbons (Fsp3) is 0.111. The lowest BCUT2D eigenvalue weighted by Crippen LogP contribution is -1.99. The van der Waals surface area contributed by atoms with E-state index in [1.165, 1.54) is 6.26 Å². The topological polar surface area (TPSA) is 64.7 Å². The third-order valence-electron chi connectivity index (χ3n) is 1.79. The highest BCUT2D eigenvalue weighted by Crippen LogP contribution is 2.38. The molecule has 0 aliphatic carbocycles. The first kappa shape index (κ1) is 13.3. The second-order valence-corrected chi connectivity index (χ2v) is 5.15. The predicted molar refractivity (Wildman–Crippen MR) is 63.2 cm³/mol. The average molecular weight is 294 g/mol. The molecule has 0 spiro atoms. The van der Waals surface area contributed by atoms with Gasteiger partial charge in [0.1, 0.15) is 12.1 Å². The Morgan fingerprint density at radius 1 is 1.00 bits per heavy atom. The standard InChI is InChI=1S/C9H3Cl3N2OS/c1-16(15)9-5(3-14)7(11)6(10)4(2-13)8(9)12/h1H3. The molecule has 0 heterocycles. The average Bonchev–Trinajstić information content (AvgIpc) is 2.23. The van der Waals surface area contributed by atoms with Gasteiger partial charge in [0.25, 0.3) is 0 Å². The lowest BCUT2D eigenvalue weighted by atomic mass is 10.1. The van der Waals surface area contributed by atoms with Gasteiger partial charge in [0.05, 0.1) is 41.9 Å². The summed E-state index contributed by atoms with van der Waals surface area (Å²) in [6.45, 7) is 0. The van der Waals surface area contributed by atoms with E-state index in [0.717, 1.165) is 0 Å². The highest BCUT2D eigenvalue weighted by atomic mass is 35.5. The lowest BCUT2D eigenvalue weighted by molar-refractivity contribution is 0.686. The van der Waals surface area contributed by atoms with E-state index in [4.69, 9.17) is 45.3 Å². The minimum atomic E-state index is -1.53. The molecular formula is C9H3Cl3N2OS. The molecule has 1 aromatic rings. The van der Waals surface area contributed by atoms with Crippen molar-refractivity contribution in [3.05, 3.63) is 26.2 Å². The highest BCUT2D eigenvalue weighted by Gasteiger charge is 2.23. The van der Waals surface area contributed by atoms with E-state index < -0.39 is 10.8 Å². The summed E-state index contributed by atoms with van der Waals surface area (Å²) in [5.74, 6) is 0. The van der Waals surface area contributed by atoms with Crippen molar-refractivity contribution in [1.29, 1.82) is 10.5 Å². The summed E-state index contributed by atoms with van der Waals surface area (Å²) in [4.78, 5) is 0.0371. The highest BCUT2D eigenvalue weighted by molar-refractivity contribution is 7.84. The Hall–Kier alpha value is -0.780. The molecule has 1 atom stereocenters. The molecule has 0 bridgehead atoms. The smallest absolute Gasteiger partial charge is 0.102 e. The molecule has 1 rings (SSSR count). The van der Waals surface area contributed by atoms with Crippen LogP contribution in [0.4, 0.5) is 0 Å². The zero-order valence-corrected chi connectivity index (χ0v) is 10.9. The minimum absolute atomic E-state index is 0.0371. The summed E-state index contributed by atoms with van der Waals surface area (Å²) < 4.78 is 11.4. The number of rotatable bonds is 1. The van der Waals surface area contributed by atoms with Gasteiger partial charge in [-0.25, -0.2) is 0 Å². The molecule has 0 radical (unpaired) electrons. The van der Waals surface area contributed by atoms with E-state index in [-0.39, 0.29) is 31.1 Å². The van der Waals surface area contributed by atoms with Crippen LogP contribution >= 0.6 is 34.8 Å². The van der Waals surface area contributed by atoms with E-state index in [0.29, 0.717) is 0 Å². The molecule has 16 heavy (non-hydrogen) atoms. The van der Waals surface area contributed by atoms with E-state index in [9.17, 15) is 4.21 Å². The lowest BCUT2D eigenvalue weighted by Gasteiger charge is -2.09. The van der Waals surface area contributed by atoms with Crippen LogP contribution in [0.25, 0.3) is 0 Å². The van der Waals surface area contributed by atoms with Crippen molar-refractivity contribution in [3.8, 4) is 12.1 Å². The summed E-state index contributed by atoms with van der Waals surface area (Å²) in [6, 6.07) is 3.53. The number of halogens is 3. The zero-order valence-electron chi connectivity index (χ0n) is 7.84. The molecule has 7 heteroatoms. The van der Waals surface area contributed by atoms with E-state index >= 15 is 0 Å². The number of nitrogens with zero attached hydrogens (tertiary/aromatic N) is 2. The van der Waals surface area contributed by atoms with Crippen molar-refractivity contribution in [1.82, 2.24) is 0 Å². The van der Waals surface area contributed by atoms with E-state index in [1.54, 1.807) is 12.1 Å². The van der Waals surface area contributed by atoms with Crippen LogP contribution in [0.5, 0.6) is 0 Å². The van der Waals surface area contributed by atoms with Crippen LogP contribution < -0.4 is 0 Å². The van der Waals surface area contributed by atoms with Gasteiger partial charge in [-0.2, -0.15) is 10.5 Å². The Morgan fingerprint density at radius 3 is 1.81 bits per heavy atom. The van der Waals surface area contributed by atoms with Crippen LogP contribution in [0, 0.1) is 22.7 Å². The van der Waals surface area contributed by atoms with Crippen LogP contribution in [0.3, 0.4) is 0 Å². The number of hydrogen-bond acceptors (Lipinski definition) is 3. The first-order valence-corrected chi connectivity index (χ1v) is 6.49. The van der Waals surface area contributed by atoms with Gasteiger partial charge >= 0.3 is 0 Å². The Labute approximate surface area is 110 Å². The van der Waals surface area contributed by atoms with E-state index in [1.807, 2.05) is 0 Å². The molecule has 0 aliphatic heterocycles. The second-order valence-electron chi connectivity index (χ2n) is 2.70. The Morgan fingerprint density at radius 2 is 1.44 bits per heavy atom. The van der Waals surface area contributed by atoms with Crippen LogP contribution in [-0.2, 0) is 10.8 Å². The van der Waals surface area contributed by atoms with Crippen molar-refractivity contribution >= 4 is 45.6 Å². The summed E-state index contributed by atoms with van der Waals surface area (Å²) in [7, 11) is -1.53. The van der Waals surface area contributed by atoms with Crippen LogP contribution in [0.15, 0.2) is 4.90 Å². The Kier molecular flexibility index (Phi) is 4.18. The molecule has 0 fully saturated rings. The monoisotopic (exact) mass is 292 g/mol. The molecule has 0 amide bonds. The fourth-order valence-corrected chi connectivity index (χ4v) is 3.02. The van der Waals surface area contributed by atoms with Crippen molar-refractivity contribution < 1.29 is 4.21 Å². The van der Waals surface area contributed by atoms with Crippen molar-refractivity contribution in [2.75, 3.05) is 6.26 Å². The fourth-order valence-electron chi connectivity index (χ4n) is 1.11. The van der Waals surface area contributed by atoms with Crippen LogP contribution in [-0.4, -0.2) is 10.5 Å². The molecule has 1 aromatic carbocycles. The molecule has 0 saturated heterocycles. The van der Waals surface area contributed by atoms with Crippen molar-refractivity contribution in [3.63, 3.8) is 0 Å². The quantitative estimate of drug-likeness (QED) is 0.747. The van der Waals surface area contributed by atoms with Crippen molar-refractivity contribution in [2.45, 2.75) is 4.90 Å². The summed E-state index contributed by atoms with van der Waals surface area (Å²) in [5, 5.41) is 17.4. The summed E-state index contributed by atoms with van der Waals surface area (Å²) in [6.07, 6.45) is 1.34. The summed E-state index contributed by atoms with van der Waals surface area (Å²) >= 11 is 17.4. The third kappa shape index (κ3) is 2.03. The molecule has 0 N–H and O–H groups in total. The first-order chi connectivity index (χ1) is 7.45. The molecule has 0 aromatic heterocycles. The maximum atomic E-state index is 11.4. The largest absolute Gasteiger partial charge is 0.255 e. The number of hydrogen-bond donors (Lipinski definition) is 0. The minimum Gasteiger partial charge on any atom is -0.255 e. The van der Waals surface area contributed by atoms with Gasteiger partial charge in [-0.05, 0) is 0 Å². The molecule has 3 nitrogen and oxygen atoms in total. The second kappa shape index (κ2) is 5.03. The normalized spacial score (nSPS) is 11.6. The Balaban J connectivity index is 3.89. The molecule has 1 unspecified atom stereocenters. The maximum absolute atomic E-state index is 11.4. The van der Waals surface area contributed by atoms with Gasteiger partial charge in [0, 0.05) is 6.26 Å². The first-order valence-electron chi connectivity index (χ1n) is 3.79. The molecule has 0 saturated carbocycles. The van der Waals surface area contributed by atoms with Gasteiger partial charge in [0.15, 0.2) is 0 Å². The van der Waals surface area contributed by atoms with Crippen molar-refractivity contribution in [2.24, 2.45) is 0 Å². The van der Waals surface area contributed by atoms with Gasteiger partial charge < -0.3 is 0 Å². The maximum Gasteiger partial charge on any atom is 0.102 e. The van der Waals surface area contributed by atoms with Gasteiger partial charge in [-0.1, -0.05) is 34.8 Å². The molecular weight excluding hydrogens is 291 g/mol. The zero-order chi connectivity index (χ0) is 12.5. The van der Waals surface area contributed by atoms with Gasteiger partial charge in [-0.3, -0.25) is 4.21 Å². The predicted octanol–water partition coefficient (Wildman–Crippen LogP) is 3.13. The SMILES string of the molecule is CS(=O)c1c(Cl)c(C#N)c(Cl)c(Cl)c1C#N. The van der Waals surface area contributed by atoms with E-state index in [2.05, 4.69) is 0 Å². The third-order valence-corrected chi connectivity index (χ3v) is 4.11. The van der Waals surface area contributed by atoms with Gasteiger partial charge in [-0.15, -0.1) is 0 Å².